The van der Waals surface area contributed by atoms with E-state index in [1.165, 1.54) is 6.33 Å². The van der Waals surface area contributed by atoms with Crippen LogP contribution in [-0.2, 0) is 0 Å². The van der Waals surface area contributed by atoms with Crippen molar-refractivity contribution in [2.75, 3.05) is 12.3 Å². The Hall–Kier alpha value is -2.19. The summed E-state index contributed by atoms with van der Waals surface area (Å²) in [7, 11) is 0. The van der Waals surface area contributed by atoms with Gasteiger partial charge in [-0.2, -0.15) is 4.98 Å². The van der Waals surface area contributed by atoms with Gasteiger partial charge in [0.05, 0.1) is 25.1 Å². The Bertz CT molecular complexity index is 719. The number of H-pyrrole nitrogens is 1. The number of aliphatic hydroxyl groups excluding tert-OH is 2. The van der Waals surface area contributed by atoms with Crippen LogP contribution in [-0.4, -0.2) is 42.4 Å². The number of nitrogens with zero attached hydrogens (tertiary/aromatic N) is 3. The van der Waals surface area contributed by atoms with Gasteiger partial charge in [-0.1, -0.05) is 12.2 Å². The topological polar surface area (TPSA) is 130 Å². The minimum atomic E-state index is -0.785. The molecule has 20 heavy (non-hydrogen) atoms. The molecule has 3 atom stereocenters. The Morgan fingerprint density at radius 1 is 1.55 bits per heavy atom. The molecule has 1 unspecified atom stereocenters. The number of nitrogen functional groups attached to an aromatic ring is 1. The van der Waals surface area contributed by atoms with Gasteiger partial charge in [-0.15, -0.1) is 0 Å². The molecule has 0 bridgehead atoms. The summed E-state index contributed by atoms with van der Waals surface area (Å²) in [6, 6.07) is -0.0695. The molecule has 0 radical (unpaired) electrons. The molecule has 0 aliphatic heterocycles. The van der Waals surface area contributed by atoms with Gasteiger partial charge in [-0.05, 0) is 6.42 Å². The van der Waals surface area contributed by atoms with Gasteiger partial charge in [0.1, 0.15) is 0 Å². The van der Waals surface area contributed by atoms with Crippen molar-refractivity contribution in [1.29, 1.82) is 0 Å². The van der Waals surface area contributed by atoms with Gasteiger partial charge in [-0.25, -0.2) is 4.98 Å². The van der Waals surface area contributed by atoms with Gasteiger partial charge in [0.15, 0.2) is 11.2 Å². The maximum Gasteiger partial charge on any atom is 0.280 e. The number of hydrogen-bond donors (Lipinski definition) is 4. The van der Waals surface area contributed by atoms with E-state index in [9.17, 15) is 9.90 Å². The number of allylic oxidation sites excluding steroid dienone is 1. The number of aromatic amines is 1. The van der Waals surface area contributed by atoms with Crippen molar-refractivity contribution in [1.82, 2.24) is 19.5 Å². The summed E-state index contributed by atoms with van der Waals surface area (Å²) in [6.07, 6.45) is 5.13. The fourth-order valence-electron chi connectivity index (χ4n) is 2.52. The molecule has 1 aliphatic carbocycles. The Morgan fingerprint density at radius 3 is 3.10 bits per heavy atom. The number of rotatable bonds is 3. The zero-order valence-corrected chi connectivity index (χ0v) is 10.6. The lowest BCUT2D eigenvalue weighted by atomic mass is 10.0. The minimum Gasteiger partial charge on any atom is -0.394 e. The van der Waals surface area contributed by atoms with E-state index in [1.54, 1.807) is 4.57 Å². The quantitative estimate of drug-likeness (QED) is 0.542. The van der Waals surface area contributed by atoms with Crippen molar-refractivity contribution in [2.24, 2.45) is 5.92 Å². The average molecular weight is 277 g/mol. The average Bonchev–Trinajstić information content (AvgIpc) is 3.03. The standard InChI is InChI=1S/C12H15N5O3/c13-12-15-10-9(11(20)16-12)14-5-17(10)7-2-1-6(3-7)8(19)4-18/h1-2,5-8,18-19H,3-4H2,(H3,13,15,16,20)/t6-,7+,8?/m0/s1. The number of fused-ring (bicyclic) bond motifs is 1. The SMILES string of the molecule is Nc1nc2c(ncn2[C@@H]2C=C[C@H](C(O)CO)C2)c(=O)[nH]1. The molecule has 8 heteroatoms. The normalized spacial score (nSPS) is 23.5. The number of imidazole rings is 1. The summed E-state index contributed by atoms with van der Waals surface area (Å²) in [5.41, 5.74) is 5.83. The highest BCUT2D eigenvalue weighted by Gasteiger charge is 2.27. The third-order valence-electron chi connectivity index (χ3n) is 3.58. The second kappa shape index (κ2) is 4.73. The lowest BCUT2D eigenvalue weighted by Gasteiger charge is -2.17. The van der Waals surface area contributed by atoms with E-state index in [-0.39, 0.29) is 35.6 Å². The molecule has 0 saturated carbocycles. The van der Waals surface area contributed by atoms with Crippen molar-refractivity contribution < 1.29 is 10.2 Å². The highest BCUT2D eigenvalue weighted by atomic mass is 16.3. The third kappa shape index (κ3) is 1.98. The van der Waals surface area contributed by atoms with Gasteiger partial charge in [0, 0.05) is 5.92 Å². The van der Waals surface area contributed by atoms with Crippen LogP contribution in [0.1, 0.15) is 12.5 Å². The first-order valence-electron chi connectivity index (χ1n) is 6.29. The van der Waals surface area contributed by atoms with Gasteiger partial charge in [0.2, 0.25) is 5.95 Å². The zero-order chi connectivity index (χ0) is 14.3. The number of hydrogen-bond acceptors (Lipinski definition) is 6. The van der Waals surface area contributed by atoms with Crippen LogP contribution in [0.2, 0.25) is 0 Å². The molecule has 0 amide bonds. The summed E-state index contributed by atoms with van der Waals surface area (Å²) < 4.78 is 1.75. The Morgan fingerprint density at radius 2 is 2.35 bits per heavy atom. The largest absolute Gasteiger partial charge is 0.394 e. The third-order valence-corrected chi connectivity index (χ3v) is 3.58. The molecule has 5 N–H and O–H groups in total. The van der Waals surface area contributed by atoms with E-state index >= 15 is 0 Å². The minimum absolute atomic E-state index is 0.0400. The van der Waals surface area contributed by atoms with Crippen molar-refractivity contribution in [2.45, 2.75) is 18.6 Å². The zero-order valence-electron chi connectivity index (χ0n) is 10.6. The molecule has 2 aromatic rings. The predicted molar refractivity (Wildman–Crippen MR) is 71.9 cm³/mol. The van der Waals surface area contributed by atoms with Crippen molar-refractivity contribution in [3.8, 4) is 0 Å². The first-order valence-corrected chi connectivity index (χ1v) is 6.29. The maximum absolute atomic E-state index is 11.7. The Labute approximate surface area is 113 Å². The number of nitrogens with one attached hydrogen (secondary N) is 1. The molecule has 0 fully saturated rings. The second-order valence-electron chi connectivity index (χ2n) is 4.88. The van der Waals surface area contributed by atoms with E-state index in [1.807, 2.05) is 12.2 Å². The molecule has 2 aromatic heterocycles. The van der Waals surface area contributed by atoms with Crippen molar-refractivity contribution in [3.05, 3.63) is 28.8 Å². The summed E-state index contributed by atoms with van der Waals surface area (Å²) in [5, 5.41) is 18.6. The first kappa shape index (κ1) is 12.8. The monoisotopic (exact) mass is 277 g/mol. The van der Waals surface area contributed by atoms with Gasteiger partial charge in [0.25, 0.3) is 5.56 Å². The molecule has 1 aliphatic rings. The molecule has 0 spiro atoms. The van der Waals surface area contributed by atoms with E-state index in [2.05, 4.69) is 15.0 Å². The number of anilines is 1. The van der Waals surface area contributed by atoms with E-state index in [0.717, 1.165) is 0 Å². The smallest absolute Gasteiger partial charge is 0.280 e. The lowest BCUT2D eigenvalue weighted by molar-refractivity contribution is 0.0605. The second-order valence-corrected chi connectivity index (χ2v) is 4.88. The highest BCUT2D eigenvalue weighted by molar-refractivity contribution is 5.70. The Kier molecular flexibility index (Phi) is 3.03. The summed E-state index contributed by atoms with van der Waals surface area (Å²) in [4.78, 5) is 22.3. The molecule has 8 nitrogen and oxygen atoms in total. The van der Waals surface area contributed by atoms with Gasteiger partial charge in [-0.3, -0.25) is 9.78 Å². The fourth-order valence-corrected chi connectivity index (χ4v) is 2.52. The highest BCUT2D eigenvalue weighted by Crippen LogP contribution is 2.31. The summed E-state index contributed by atoms with van der Waals surface area (Å²) in [6.45, 7) is -0.280. The van der Waals surface area contributed by atoms with Gasteiger partial charge >= 0.3 is 0 Å². The van der Waals surface area contributed by atoms with Gasteiger partial charge < -0.3 is 20.5 Å². The molecule has 0 aromatic carbocycles. The molecule has 106 valence electrons. The van der Waals surface area contributed by atoms with E-state index in [0.29, 0.717) is 12.1 Å². The van der Waals surface area contributed by atoms with Crippen LogP contribution in [0.25, 0.3) is 11.2 Å². The van der Waals surface area contributed by atoms with Crippen LogP contribution in [0.15, 0.2) is 23.3 Å². The number of aliphatic hydroxyl groups is 2. The maximum atomic E-state index is 11.7. The fraction of sp³-hybridized carbons (Fsp3) is 0.417. The van der Waals surface area contributed by atoms with Crippen LogP contribution in [0.5, 0.6) is 0 Å². The number of nitrogens with two attached hydrogens (primary N) is 1. The molecular weight excluding hydrogens is 262 g/mol. The van der Waals surface area contributed by atoms with Crippen LogP contribution in [0, 0.1) is 5.92 Å². The van der Waals surface area contributed by atoms with Crippen molar-refractivity contribution in [3.63, 3.8) is 0 Å². The van der Waals surface area contributed by atoms with Crippen LogP contribution in [0.3, 0.4) is 0 Å². The lowest BCUT2D eigenvalue weighted by Crippen LogP contribution is -2.22. The first-order chi connectivity index (χ1) is 9.60. The summed E-state index contributed by atoms with van der Waals surface area (Å²) in [5.74, 6) is -0.0834. The Balaban J connectivity index is 1.97. The number of aromatic nitrogens is 4. The van der Waals surface area contributed by atoms with E-state index < -0.39 is 6.10 Å². The van der Waals surface area contributed by atoms with Crippen molar-refractivity contribution >= 4 is 17.1 Å². The van der Waals surface area contributed by atoms with E-state index in [4.69, 9.17) is 10.8 Å². The molecular formula is C12H15N5O3. The van der Waals surface area contributed by atoms with Crippen LogP contribution >= 0.6 is 0 Å². The summed E-state index contributed by atoms with van der Waals surface area (Å²) >= 11 is 0. The molecule has 3 rings (SSSR count). The molecule has 2 heterocycles. The van der Waals surface area contributed by atoms with Crippen LogP contribution < -0.4 is 11.3 Å². The van der Waals surface area contributed by atoms with Crippen LogP contribution in [0.4, 0.5) is 5.95 Å². The predicted octanol–water partition coefficient (Wildman–Crippen LogP) is -0.828. The molecule has 0 saturated heterocycles.